The lowest BCUT2D eigenvalue weighted by atomic mass is 9.54. The van der Waals surface area contributed by atoms with Crippen molar-refractivity contribution in [2.75, 3.05) is 11.9 Å². The summed E-state index contributed by atoms with van der Waals surface area (Å²) in [6.45, 7) is 2.98. The maximum atomic E-state index is 6.19. The van der Waals surface area contributed by atoms with E-state index >= 15 is 0 Å². The quantitative estimate of drug-likeness (QED) is 0.652. The molecule has 3 fully saturated rings. The minimum atomic E-state index is 0.279. The van der Waals surface area contributed by atoms with E-state index in [0.29, 0.717) is 24.0 Å². The van der Waals surface area contributed by atoms with Gasteiger partial charge in [0.25, 0.3) is 0 Å². The molecule has 1 aromatic rings. The van der Waals surface area contributed by atoms with Crippen LogP contribution in [-0.4, -0.2) is 24.7 Å². The fourth-order valence-electron chi connectivity index (χ4n) is 4.80. The van der Waals surface area contributed by atoms with Gasteiger partial charge in [-0.1, -0.05) is 30.5 Å². The van der Waals surface area contributed by atoms with Crippen molar-refractivity contribution in [1.29, 1.82) is 0 Å². The number of benzene rings is 1. The number of nitrogens with zero attached hydrogens (tertiary/aromatic N) is 1. The van der Waals surface area contributed by atoms with Crippen LogP contribution >= 0.6 is 0 Å². The normalized spacial score (nSPS) is 32.8. The van der Waals surface area contributed by atoms with Crippen LogP contribution in [0.15, 0.2) is 29.3 Å². The van der Waals surface area contributed by atoms with Gasteiger partial charge < -0.3 is 15.8 Å². The second kappa shape index (κ2) is 5.27. The lowest BCUT2D eigenvalue weighted by Gasteiger charge is -2.54. The number of ether oxygens (including phenoxy) is 1. The number of fused-ring (bicyclic) bond motifs is 2. The third-order valence-electron chi connectivity index (χ3n) is 5.84. The minimum Gasteiger partial charge on any atom is -0.377 e. The molecule has 0 aromatic heterocycles. The molecular formula is C18H25N3O. The molecule has 22 heavy (non-hydrogen) atoms. The van der Waals surface area contributed by atoms with Crippen molar-refractivity contribution in [3.8, 4) is 0 Å². The van der Waals surface area contributed by atoms with Gasteiger partial charge >= 0.3 is 0 Å². The fourth-order valence-corrected chi connectivity index (χ4v) is 4.80. The molecule has 4 heteroatoms. The maximum absolute atomic E-state index is 6.19. The van der Waals surface area contributed by atoms with Crippen molar-refractivity contribution >= 4 is 11.6 Å². The number of nitrogens with two attached hydrogens (primary N) is 1. The van der Waals surface area contributed by atoms with E-state index in [2.05, 4.69) is 24.4 Å². The van der Waals surface area contributed by atoms with Crippen LogP contribution in [0.25, 0.3) is 0 Å². The highest BCUT2D eigenvalue weighted by molar-refractivity contribution is 5.92. The second-order valence-corrected chi connectivity index (χ2v) is 7.13. The molecule has 2 saturated carbocycles. The van der Waals surface area contributed by atoms with Crippen LogP contribution in [0.1, 0.15) is 37.7 Å². The number of hydrogen-bond acceptors (Lipinski definition) is 2. The second-order valence-electron chi connectivity index (χ2n) is 7.13. The Balaban J connectivity index is 1.52. The standard InChI is InChI=1S/C18H25N3O/c1-12-4-6-13(7-5-12)20-17(19)21-15-14-8-11-22-16(14)18(15)9-2-3-10-18/h4-7,14-16H,2-3,8-11H2,1H3,(H3,19,20,21). The van der Waals surface area contributed by atoms with E-state index in [-0.39, 0.29) is 5.41 Å². The summed E-state index contributed by atoms with van der Waals surface area (Å²) in [6, 6.07) is 8.60. The van der Waals surface area contributed by atoms with Gasteiger partial charge in [-0.05, 0) is 38.3 Å². The molecule has 2 aliphatic carbocycles. The lowest BCUT2D eigenvalue weighted by Crippen LogP contribution is -2.61. The van der Waals surface area contributed by atoms with Crippen molar-refractivity contribution in [1.82, 2.24) is 0 Å². The van der Waals surface area contributed by atoms with Crippen LogP contribution in [0.5, 0.6) is 0 Å². The van der Waals surface area contributed by atoms with Crippen LogP contribution < -0.4 is 11.1 Å². The molecule has 118 valence electrons. The van der Waals surface area contributed by atoms with Crippen LogP contribution in [0, 0.1) is 18.3 Å². The molecule has 3 unspecified atom stereocenters. The average Bonchev–Trinajstić information content (AvgIpc) is 3.15. The Hall–Kier alpha value is -1.55. The van der Waals surface area contributed by atoms with Gasteiger partial charge in [-0.25, -0.2) is 4.99 Å². The molecule has 3 atom stereocenters. The summed E-state index contributed by atoms with van der Waals surface area (Å²) >= 11 is 0. The number of aliphatic imine (C=N–C) groups is 1. The van der Waals surface area contributed by atoms with Crippen LogP contribution in [0.2, 0.25) is 0 Å². The maximum Gasteiger partial charge on any atom is 0.193 e. The molecule has 0 bridgehead atoms. The number of guanidine groups is 1. The summed E-state index contributed by atoms with van der Waals surface area (Å²) in [5, 5.41) is 3.24. The van der Waals surface area contributed by atoms with Gasteiger partial charge in [0.05, 0.1) is 12.1 Å². The molecule has 4 nitrogen and oxygen atoms in total. The molecule has 3 N–H and O–H groups in total. The molecule has 1 aliphatic heterocycles. The highest BCUT2D eigenvalue weighted by atomic mass is 16.5. The van der Waals surface area contributed by atoms with Gasteiger partial charge in [-0.15, -0.1) is 0 Å². The zero-order valence-corrected chi connectivity index (χ0v) is 13.2. The Morgan fingerprint density at radius 2 is 2.00 bits per heavy atom. The molecular weight excluding hydrogens is 274 g/mol. The predicted molar refractivity (Wildman–Crippen MR) is 89.0 cm³/mol. The van der Waals surface area contributed by atoms with Gasteiger partial charge in [0.2, 0.25) is 0 Å². The minimum absolute atomic E-state index is 0.279. The summed E-state index contributed by atoms with van der Waals surface area (Å²) in [7, 11) is 0. The number of aryl methyl sites for hydroxylation is 1. The van der Waals surface area contributed by atoms with Crippen molar-refractivity contribution in [2.45, 2.75) is 51.2 Å². The van der Waals surface area contributed by atoms with Gasteiger partial charge in [-0.3, -0.25) is 0 Å². The van der Waals surface area contributed by atoms with Crippen LogP contribution in [-0.2, 0) is 4.74 Å². The van der Waals surface area contributed by atoms with Crippen molar-refractivity contribution < 1.29 is 4.74 Å². The van der Waals surface area contributed by atoms with E-state index in [4.69, 9.17) is 15.5 Å². The van der Waals surface area contributed by atoms with Crippen LogP contribution in [0.3, 0.4) is 0 Å². The zero-order chi connectivity index (χ0) is 15.2. The topological polar surface area (TPSA) is 59.6 Å². The first-order valence-corrected chi connectivity index (χ1v) is 8.48. The van der Waals surface area contributed by atoms with Crippen molar-refractivity contribution in [3.05, 3.63) is 29.8 Å². The Morgan fingerprint density at radius 1 is 1.27 bits per heavy atom. The van der Waals surface area contributed by atoms with E-state index in [1.807, 2.05) is 12.1 Å². The first-order chi connectivity index (χ1) is 10.7. The first kappa shape index (κ1) is 14.1. The average molecular weight is 299 g/mol. The Bertz CT molecular complexity index is 574. The number of rotatable bonds is 2. The van der Waals surface area contributed by atoms with Gasteiger partial charge in [0.1, 0.15) is 0 Å². The molecule has 1 aromatic carbocycles. The smallest absolute Gasteiger partial charge is 0.193 e. The van der Waals surface area contributed by atoms with Gasteiger partial charge in [0, 0.05) is 23.6 Å². The Morgan fingerprint density at radius 3 is 2.73 bits per heavy atom. The number of anilines is 1. The predicted octanol–water partition coefficient (Wildman–Crippen LogP) is 3.07. The SMILES string of the molecule is Cc1ccc(NC(N)=NC2C3CCOC3C23CCCC3)cc1. The fraction of sp³-hybridized carbons (Fsp3) is 0.611. The molecule has 1 spiro atoms. The van der Waals surface area contributed by atoms with E-state index < -0.39 is 0 Å². The monoisotopic (exact) mass is 299 g/mol. The van der Waals surface area contributed by atoms with Crippen molar-refractivity contribution in [2.24, 2.45) is 22.1 Å². The summed E-state index contributed by atoms with van der Waals surface area (Å²) < 4.78 is 6.00. The summed E-state index contributed by atoms with van der Waals surface area (Å²) in [5.41, 5.74) is 8.72. The molecule has 3 aliphatic rings. The van der Waals surface area contributed by atoms with E-state index in [1.54, 1.807) is 0 Å². The highest BCUT2D eigenvalue weighted by Gasteiger charge is 2.65. The van der Waals surface area contributed by atoms with E-state index in [1.165, 1.54) is 31.2 Å². The van der Waals surface area contributed by atoms with E-state index in [0.717, 1.165) is 18.7 Å². The summed E-state index contributed by atoms with van der Waals surface area (Å²) in [6.07, 6.45) is 6.70. The largest absolute Gasteiger partial charge is 0.377 e. The highest BCUT2D eigenvalue weighted by Crippen LogP contribution is 2.62. The van der Waals surface area contributed by atoms with Crippen molar-refractivity contribution in [3.63, 3.8) is 0 Å². The van der Waals surface area contributed by atoms with E-state index in [9.17, 15) is 0 Å². The first-order valence-electron chi connectivity index (χ1n) is 8.48. The zero-order valence-electron chi connectivity index (χ0n) is 13.2. The third-order valence-corrected chi connectivity index (χ3v) is 5.84. The summed E-state index contributed by atoms with van der Waals surface area (Å²) in [5.74, 6) is 1.13. The third kappa shape index (κ3) is 2.12. The van der Waals surface area contributed by atoms with Gasteiger partial charge in [-0.2, -0.15) is 0 Å². The molecule has 4 rings (SSSR count). The molecule has 1 heterocycles. The molecule has 0 amide bonds. The van der Waals surface area contributed by atoms with Crippen LogP contribution in [0.4, 0.5) is 5.69 Å². The lowest BCUT2D eigenvalue weighted by molar-refractivity contribution is -0.117. The molecule has 1 saturated heterocycles. The Labute approximate surface area is 132 Å². The molecule has 0 radical (unpaired) electrons. The number of hydrogen-bond donors (Lipinski definition) is 2. The van der Waals surface area contributed by atoms with Gasteiger partial charge in [0.15, 0.2) is 5.96 Å². The number of nitrogens with one attached hydrogen (secondary N) is 1. The Kier molecular flexibility index (Phi) is 3.37. The summed E-state index contributed by atoms with van der Waals surface area (Å²) in [4.78, 5) is 4.88.